The highest BCUT2D eigenvalue weighted by molar-refractivity contribution is 6.82. The van der Waals surface area contributed by atoms with Crippen LogP contribution in [0.1, 0.15) is 142 Å². The topological polar surface area (TPSA) is 0 Å². The van der Waals surface area contributed by atoms with Crippen molar-refractivity contribution in [2.75, 3.05) is 0 Å². The third-order valence-corrected chi connectivity index (χ3v) is 22.8. The van der Waals surface area contributed by atoms with Gasteiger partial charge in [0, 0.05) is 0 Å². The first kappa shape index (κ1) is 33.1. The van der Waals surface area contributed by atoms with Gasteiger partial charge in [0.05, 0.1) is 8.07 Å². The number of fused-ring (bicyclic) bond motifs is 1. The maximum Gasteiger partial charge on any atom is 0.0603 e. The Morgan fingerprint density at radius 2 is 1.07 bits per heavy atom. The van der Waals surface area contributed by atoms with Crippen molar-refractivity contribution in [1.29, 1.82) is 0 Å². The Labute approximate surface area is 254 Å². The van der Waals surface area contributed by atoms with Gasteiger partial charge < -0.3 is 0 Å². The molecule has 4 aliphatic rings. The van der Waals surface area contributed by atoms with E-state index in [0.29, 0.717) is 10.8 Å². The predicted octanol–water partition coefficient (Wildman–Crippen LogP) is 12.6. The standard InChI is InChI=1S/C39H74Si/c1-15-40(16-2,36-27(7)25(5)26(6)28(36)8)37-33-19-17-18-32(35(33)23-34(37)24(3)4)29-20-30(38(9,10)11)22-31(21-29)39(12,13)14/h24-37H,15-23H2,1-14H3. The Kier molecular flexibility index (Phi) is 9.90. The molecule has 40 heavy (non-hydrogen) atoms. The Hall–Kier alpha value is 0.217. The summed E-state index contributed by atoms with van der Waals surface area (Å²) in [6, 6.07) is 3.09. The van der Waals surface area contributed by atoms with Crippen LogP contribution in [0.25, 0.3) is 0 Å². The molecule has 4 aliphatic carbocycles. The molecular weight excluding hydrogens is 497 g/mol. The molecule has 4 saturated carbocycles. The minimum absolute atomic E-state index is 0.448. The van der Waals surface area contributed by atoms with Gasteiger partial charge in [0.15, 0.2) is 0 Å². The predicted molar refractivity (Wildman–Crippen MR) is 181 cm³/mol. The SMILES string of the molecule is CC[Si](CC)(C1C(C)C(C)C(C)C1C)C1C(C(C)C)CC2C(C3CC(C(C)(C)C)CC(C(C)(C)C)C3)CCCC21. The summed E-state index contributed by atoms with van der Waals surface area (Å²) in [5, 5.41) is 0. The van der Waals surface area contributed by atoms with Crippen LogP contribution in [0.15, 0.2) is 0 Å². The Bertz CT molecular complexity index is 787. The van der Waals surface area contributed by atoms with Crippen molar-refractivity contribution in [3.05, 3.63) is 0 Å². The molecule has 234 valence electrons. The number of hydrogen-bond donors (Lipinski definition) is 0. The van der Waals surface area contributed by atoms with Crippen molar-refractivity contribution >= 4 is 8.07 Å². The molecule has 0 heterocycles. The third-order valence-electron chi connectivity index (χ3n) is 15.6. The Morgan fingerprint density at radius 3 is 1.50 bits per heavy atom. The summed E-state index contributed by atoms with van der Waals surface area (Å²) in [4.78, 5) is 0. The number of hydrogen-bond acceptors (Lipinski definition) is 0. The van der Waals surface area contributed by atoms with Gasteiger partial charge in [-0.2, -0.15) is 0 Å². The lowest BCUT2D eigenvalue weighted by atomic mass is 9.55. The second kappa shape index (κ2) is 12.0. The molecule has 4 rings (SSSR count). The van der Waals surface area contributed by atoms with Crippen LogP contribution in [0.3, 0.4) is 0 Å². The average molecular weight is 571 g/mol. The lowest BCUT2D eigenvalue weighted by molar-refractivity contribution is -0.000621. The van der Waals surface area contributed by atoms with Gasteiger partial charge in [-0.3, -0.25) is 0 Å². The monoisotopic (exact) mass is 571 g/mol. The first-order chi connectivity index (χ1) is 18.5. The first-order valence-electron chi connectivity index (χ1n) is 18.5. The van der Waals surface area contributed by atoms with E-state index >= 15 is 0 Å². The fraction of sp³-hybridized carbons (Fsp3) is 1.00. The van der Waals surface area contributed by atoms with Gasteiger partial charge in [0.1, 0.15) is 0 Å². The first-order valence-corrected chi connectivity index (χ1v) is 21.1. The molecule has 4 fully saturated rings. The third kappa shape index (κ3) is 5.72. The van der Waals surface area contributed by atoms with Gasteiger partial charge in [-0.25, -0.2) is 0 Å². The molecule has 0 radical (unpaired) electrons. The molecule has 11 atom stereocenters. The summed E-state index contributed by atoms with van der Waals surface area (Å²) in [5.41, 5.74) is 3.03. The highest BCUT2D eigenvalue weighted by Crippen LogP contribution is 2.68. The maximum atomic E-state index is 2.70. The molecule has 0 N–H and O–H groups in total. The fourth-order valence-electron chi connectivity index (χ4n) is 12.7. The van der Waals surface area contributed by atoms with E-state index in [4.69, 9.17) is 0 Å². The molecule has 0 aromatic rings. The van der Waals surface area contributed by atoms with Crippen LogP contribution in [-0.4, -0.2) is 8.07 Å². The van der Waals surface area contributed by atoms with Gasteiger partial charge in [-0.1, -0.05) is 122 Å². The van der Waals surface area contributed by atoms with E-state index in [0.717, 1.165) is 82.1 Å². The van der Waals surface area contributed by atoms with Crippen LogP contribution in [-0.2, 0) is 0 Å². The van der Waals surface area contributed by atoms with Crippen LogP contribution in [0.2, 0.25) is 23.2 Å². The van der Waals surface area contributed by atoms with Crippen LogP contribution in [0.5, 0.6) is 0 Å². The molecule has 1 heteroatoms. The van der Waals surface area contributed by atoms with E-state index in [9.17, 15) is 0 Å². The molecule has 11 unspecified atom stereocenters. The second-order valence-corrected chi connectivity index (χ2v) is 24.3. The van der Waals surface area contributed by atoms with Gasteiger partial charge in [-0.05, 0) is 125 Å². The minimum Gasteiger partial charge on any atom is -0.0678 e. The van der Waals surface area contributed by atoms with Gasteiger partial charge in [-0.15, -0.1) is 0 Å². The summed E-state index contributed by atoms with van der Waals surface area (Å²) >= 11 is 0. The van der Waals surface area contributed by atoms with E-state index in [-0.39, 0.29) is 0 Å². The Morgan fingerprint density at radius 1 is 0.600 bits per heavy atom. The summed E-state index contributed by atoms with van der Waals surface area (Å²) in [6.45, 7) is 36.6. The van der Waals surface area contributed by atoms with E-state index in [1.807, 2.05) is 0 Å². The smallest absolute Gasteiger partial charge is 0.0603 e. The van der Waals surface area contributed by atoms with E-state index in [1.54, 1.807) is 31.4 Å². The molecule has 0 aliphatic heterocycles. The molecule has 0 aromatic heterocycles. The van der Waals surface area contributed by atoms with Crippen LogP contribution >= 0.6 is 0 Å². The van der Waals surface area contributed by atoms with E-state index < -0.39 is 8.07 Å². The van der Waals surface area contributed by atoms with Crippen molar-refractivity contribution in [1.82, 2.24) is 0 Å². The largest absolute Gasteiger partial charge is 0.0678 e. The summed E-state index contributed by atoms with van der Waals surface area (Å²) < 4.78 is 0. The van der Waals surface area contributed by atoms with Gasteiger partial charge in [0.2, 0.25) is 0 Å². The lowest BCUT2D eigenvalue weighted by Gasteiger charge is -2.53. The van der Waals surface area contributed by atoms with Crippen LogP contribution < -0.4 is 0 Å². The summed E-state index contributed by atoms with van der Waals surface area (Å²) in [5.74, 6) is 11.4. The minimum atomic E-state index is -1.49. The van der Waals surface area contributed by atoms with Crippen molar-refractivity contribution in [3.8, 4) is 0 Å². The fourth-order valence-corrected chi connectivity index (χ4v) is 20.9. The van der Waals surface area contributed by atoms with Crippen LogP contribution in [0.4, 0.5) is 0 Å². The molecule has 0 spiro atoms. The molecule has 0 saturated heterocycles. The highest BCUT2D eigenvalue weighted by atomic mass is 28.3. The normalized spacial score (nSPS) is 45.2. The van der Waals surface area contributed by atoms with Crippen LogP contribution in [0, 0.1) is 81.8 Å². The highest BCUT2D eigenvalue weighted by Gasteiger charge is 2.62. The van der Waals surface area contributed by atoms with Crippen molar-refractivity contribution in [2.45, 2.75) is 165 Å². The van der Waals surface area contributed by atoms with Gasteiger partial charge >= 0.3 is 0 Å². The van der Waals surface area contributed by atoms with Gasteiger partial charge in [0.25, 0.3) is 0 Å². The summed E-state index contributed by atoms with van der Waals surface area (Å²) in [7, 11) is -1.49. The zero-order valence-electron chi connectivity index (χ0n) is 29.9. The molecule has 0 nitrogen and oxygen atoms in total. The molecule has 0 amide bonds. The van der Waals surface area contributed by atoms with E-state index in [2.05, 4.69) is 96.9 Å². The zero-order chi connectivity index (χ0) is 29.9. The number of rotatable bonds is 6. The average Bonchev–Trinajstić information content (AvgIpc) is 3.37. The molecule has 0 aromatic carbocycles. The quantitative estimate of drug-likeness (QED) is 0.279. The van der Waals surface area contributed by atoms with E-state index in [1.165, 1.54) is 25.7 Å². The zero-order valence-corrected chi connectivity index (χ0v) is 30.9. The lowest BCUT2D eigenvalue weighted by Crippen LogP contribution is -2.51. The van der Waals surface area contributed by atoms with Crippen molar-refractivity contribution < 1.29 is 0 Å². The molecule has 0 bridgehead atoms. The van der Waals surface area contributed by atoms with Crippen molar-refractivity contribution in [2.24, 2.45) is 81.8 Å². The Balaban J connectivity index is 1.72. The second-order valence-electron chi connectivity index (χ2n) is 19.1. The van der Waals surface area contributed by atoms with Crippen molar-refractivity contribution in [3.63, 3.8) is 0 Å². The maximum absolute atomic E-state index is 2.70. The molecular formula is C39H74Si. The summed E-state index contributed by atoms with van der Waals surface area (Å²) in [6.07, 6.45) is 10.8.